The van der Waals surface area contributed by atoms with Gasteiger partial charge in [0.1, 0.15) is 0 Å². The van der Waals surface area contributed by atoms with Gasteiger partial charge in [0, 0.05) is 45.6 Å². The van der Waals surface area contributed by atoms with E-state index >= 15 is 0 Å². The maximum Gasteiger partial charge on any atom is 0.222 e. The van der Waals surface area contributed by atoms with Gasteiger partial charge in [0.2, 0.25) is 11.8 Å². The number of rotatable bonds is 10. The molecule has 0 rings (SSSR count). The molecule has 0 heterocycles. The monoisotopic (exact) mass is 285 g/mol. The van der Waals surface area contributed by atoms with E-state index in [4.69, 9.17) is 5.73 Å². The van der Waals surface area contributed by atoms with E-state index in [9.17, 15) is 9.59 Å². The van der Waals surface area contributed by atoms with Gasteiger partial charge in [-0.1, -0.05) is 13.8 Å². The Kier molecular flexibility index (Phi) is 10.1. The standard InChI is InChI=1S/C15H31N3O2/c1-5-10-18(11-6-2)15(20)9-7-8-14(19)17(4)13(3)12-16/h13H,5-12,16H2,1-4H3. The minimum atomic E-state index is 0.0508. The van der Waals surface area contributed by atoms with Gasteiger partial charge in [-0.15, -0.1) is 0 Å². The molecule has 1 unspecified atom stereocenters. The molecule has 0 aromatic carbocycles. The van der Waals surface area contributed by atoms with Crippen molar-refractivity contribution in [1.29, 1.82) is 0 Å². The molecule has 118 valence electrons. The lowest BCUT2D eigenvalue weighted by Gasteiger charge is -2.24. The second-order valence-corrected chi connectivity index (χ2v) is 5.32. The molecule has 2 amide bonds. The lowest BCUT2D eigenvalue weighted by Crippen LogP contribution is -2.39. The van der Waals surface area contributed by atoms with Crippen LogP contribution in [0.1, 0.15) is 52.9 Å². The van der Waals surface area contributed by atoms with Crippen molar-refractivity contribution in [2.24, 2.45) is 5.73 Å². The molecule has 0 spiro atoms. The Bertz CT molecular complexity index is 289. The lowest BCUT2D eigenvalue weighted by atomic mass is 10.1. The summed E-state index contributed by atoms with van der Waals surface area (Å²) in [6.45, 7) is 8.15. The van der Waals surface area contributed by atoms with E-state index in [1.165, 1.54) is 0 Å². The minimum absolute atomic E-state index is 0.0508. The maximum absolute atomic E-state index is 12.0. The normalized spacial score (nSPS) is 12.1. The molecule has 0 bridgehead atoms. The van der Waals surface area contributed by atoms with Crippen LogP contribution in [0.4, 0.5) is 0 Å². The molecule has 2 N–H and O–H groups in total. The zero-order valence-corrected chi connectivity index (χ0v) is 13.5. The van der Waals surface area contributed by atoms with Crippen molar-refractivity contribution in [3.05, 3.63) is 0 Å². The Hall–Kier alpha value is -1.10. The first-order valence-corrected chi connectivity index (χ1v) is 7.71. The highest BCUT2D eigenvalue weighted by atomic mass is 16.2. The van der Waals surface area contributed by atoms with E-state index < -0.39 is 0 Å². The van der Waals surface area contributed by atoms with Crippen molar-refractivity contribution in [1.82, 2.24) is 9.80 Å². The van der Waals surface area contributed by atoms with Gasteiger partial charge in [-0.05, 0) is 26.2 Å². The molecule has 0 aromatic rings. The summed E-state index contributed by atoms with van der Waals surface area (Å²) in [5, 5.41) is 0. The first-order chi connectivity index (χ1) is 9.47. The van der Waals surface area contributed by atoms with Crippen molar-refractivity contribution in [2.75, 3.05) is 26.7 Å². The highest BCUT2D eigenvalue weighted by Crippen LogP contribution is 2.06. The van der Waals surface area contributed by atoms with Gasteiger partial charge >= 0.3 is 0 Å². The highest BCUT2D eigenvalue weighted by Gasteiger charge is 2.16. The van der Waals surface area contributed by atoms with Crippen LogP contribution in [-0.2, 0) is 9.59 Å². The Labute approximate surface area is 123 Å². The third-order valence-corrected chi connectivity index (χ3v) is 3.52. The molecule has 0 aliphatic heterocycles. The van der Waals surface area contributed by atoms with Crippen LogP contribution >= 0.6 is 0 Å². The summed E-state index contributed by atoms with van der Waals surface area (Å²) < 4.78 is 0. The van der Waals surface area contributed by atoms with Crippen LogP contribution in [-0.4, -0.2) is 54.3 Å². The Morgan fingerprint density at radius 1 is 1.05 bits per heavy atom. The molecule has 0 aliphatic rings. The van der Waals surface area contributed by atoms with E-state index in [1.807, 2.05) is 11.8 Å². The topological polar surface area (TPSA) is 66.6 Å². The first kappa shape index (κ1) is 18.9. The van der Waals surface area contributed by atoms with Gasteiger partial charge in [0.15, 0.2) is 0 Å². The average Bonchev–Trinajstić information content (AvgIpc) is 2.44. The van der Waals surface area contributed by atoms with E-state index in [1.54, 1.807) is 11.9 Å². The van der Waals surface area contributed by atoms with Crippen LogP contribution in [0.25, 0.3) is 0 Å². The Morgan fingerprint density at radius 2 is 1.55 bits per heavy atom. The van der Waals surface area contributed by atoms with Crippen LogP contribution in [0.15, 0.2) is 0 Å². The minimum Gasteiger partial charge on any atom is -0.343 e. The molecule has 20 heavy (non-hydrogen) atoms. The smallest absolute Gasteiger partial charge is 0.222 e. The zero-order valence-electron chi connectivity index (χ0n) is 13.5. The number of amides is 2. The SMILES string of the molecule is CCCN(CCC)C(=O)CCCC(=O)N(C)C(C)CN. The molecule has 5 heteroatoms. The van der Waals surface area contributed by atoms with Gasteiger partial charge in [-0.25, -0.2) is 0 Å². The summed E-state index contributed by atoms with van der Waals surface area (Å²) >= 11 is 0. The fourth-order valence-corrected chi connectivity index (χ4v) is 2.03. The van der Waals surface area contributed by atoms with Crippen LogP contribution < -0.4 is 5.73 Å². The van der Waals surface area contributed by atoms with Crippen LogP contribution in [0.5, 0.6) is 0 Å². The number of nitrogens with two attached hydrogens (primary N) is 1. The van der Waals surface area contributed by atoms with E-state index in [-0.39, 0.29) is 17.9 Å². The Morgan fingerprint density at radius 3 is 2.00 bits per heavy atom. The van der Waals surface area contributed by atoms with Crippen LogP contribution in [0, 0.1) is 0 Å². The third-order valence-electron chi connectivity index (χ3n) is 3.52. The molecule has 5 nitrogen and oxygen atoms in total. The fourth-order valence-electron chi connectivity index (χ4n) is 2.03. The molecular weight excluding hydrogens is 254 g/mol. The maximum atomic E-state index is 12.0. The second kappa shape index (κ2) is 10.7. The number of hydrogen-bond acceptors (Lipinski definition) is 3. The van der Waals surface area contributed by atoms with Crippen molar-refractivity contribution >= 4 is 11.8 Å². The van der Waals surface area contributed by atoms with Crippen molar-refractivity contribution < 1.29 is 9.59 Å². The molecule has 0 radical (unpaired) electrons. The fraction of sp³-hybridized carbons (Fsp3) is 0.867. The van der Waals surface area contributed by atoms with Crippen molar-refractivity contribution in [3.63, 3.8) is 0 Å². The van der Waals surface area contributed by atoms with Gasteiger partial charge in [-0.3, -0.25) is 9.59 Å². The van der Waals surface area contributed by atoms with Crippen molar-refractivity contribution in [3.8, 4) is 0 Å². The highest BCUT2D eigenvalue weighted by molar-refractivity contribution is 5.79. The lowest BCUT2D eigenvalue weighted by molar-refractivity contribution is -0.133. The van der Waals surface area contributed by atoms with Gasteiger partial charge < -0.3 is 15.5 Å². The number of carbonyl (C=O) groups is 2. The van der Waals surface area contributed by atoms with E-state index in [0.29, 0.717) is 25.8 Å². The zero-order chi connectivity index (χ0) is 15.5. The largest absolute Gasteiger partial charge is 0.343 e. The van der Waals surface area contributed by atoms with Crippen molar-refractivity contribution in [2.45, 2.75) is 58.9 Å². The van der Waals surface area contributed by atoms with Crippen LogP contribution in [0.2, 0.25) is 0 Å². The predicted molar refractivity (Wildman–Crippen MR) is 82.3 cm³/mol. The van der Waals surface area contributed by atoms with Gasteiger partial charge in [0.25, 0.3) is 0 Å². The number of hydrogen-bond donors (Lipinski definition) is 1. The molecule has 0 saturated heterocycles. The van der Waals surface area contributed by atoms with Crippen LogP contribution in [0.3, 0.4) is 0 Å². The molecule has 0 aliphatic carbocycles. The third kappa shape index (κ3) is 6.89. The molecule has 0 saturated carbocycles. The summed E-state index contributed by atoms with van der Waals surface area (Å²) in [4.78, 5) is 27.5. The molecule has 1 atom stereocenters. The number of carbonyl (C=O) groups excluding carboxylic acids is 2. The quantitative estimate of drug-likeness (QED) is 0.663. The summed E-state index contributed by atoms with van der Waals surface area (Å²) in [6, 6.07) is 0.0508. The Balaban J connectivity index is 4.09. The second-order valence-electron chi connectivity index (χ2n) is 5.32. The number of nitrogens with zero attached hydrogens (tertiary/aromatic N) is 2. The average molecular weight is 285 g/mol. The molecule has 0 aromatic heterocycles. The predicted octanol–water partition coefficient (Wildman–Crippen LogP) is 1.61. The van der Waals surface area contributed by atoms with Gasteiger partial charge in [-0.2, -0.15) is 0 Å². The van der Waals surface area contributed by atoms with Gasteiger partial charge in [0.05, 0.1) is 0 Å². The summed E-state index contributed by atoms with van der Waals surface area (Å²) in [5.41, 5.74) is 5.54. The van der Waals surface area contributed by atoms with E-state index in [0.717, 1.165) is 25.9 Å². The number of likely N-dealkylation sites (N-methyl/N-ethyl adjacent to an activating group) is 1. The first-order valence-electron chi connectivity index (χ1n) is 7.71. The summed E-state index contributed by atoms with van der Waals surface area (Å²) in [7, 11) is 1.77. The molecule has 0 fully saturated rings. The summed E-state index contributed by atoms with van der Waals surface area (Å²) in [5.74, 6) is 0.226. The summed E-state index contributed by atoms with van der Waals surface area (Å²) in [6.07, 6.45) is 3.43. The van der Waals surface area contributed by atoms with E-state index in [2.05, 4.69) is 13.8 Å². The molecular formula is C15H31N3O2.